The van der Waals surface area contributed by atoms with E-state index >= 15 is 0 Å². The van der Waals surface area contributed by atoms with Gasteiger partial charge in [-0.2, -0.15) is 0 Å². The summed E-state index contributed by atoms with van der Waals surface area (Å²) in [6, 6.07) is 5.59. The molecule has 18 heavy (non-hydrogen) atoms. The Labute approximate surface area is 115 Å². The van der Waals surface area contributed by atoms with E-state index in [0.717, 1.165) is 15.4 Å². The predicted molar refractivity (Wildman–Crippen MR) is 72.7 cm³/mol. The number of thiophene rings is 1. The lowest BCUT2D eigenvalue weighted by atomic mass is 10.2. The van der Waals surface area contributed by atoms with Crippen molar-refractivity contribution >= 4 is 38.9 Å². The lowest BCUT2D eigenvalue weighted by molar-refractivity contribution is 0.0697. The van der Waals surface area contributed by atoms with E-state index in [1.165, 1.54) is 23.5 Å². The molecule has 0 aliphatic rings. The molecule has 0 unspecified atom stereocenters. The number of anilines is 1. The van der Waals surface area contributed by atoms with Gasteiger partial charge in [-0.3, -0.25) is 0 Å². The van der Waals surface area contributed by atoms with Crippen molar-refractivity contribution in [3.8, 4) is 0 Å². The molecule has 1 aromatic carbocycles. The van der Waals surface area contributed by atoms with Gasteiger partial charge in [0.05, 0.1) is 17.8 Å². The minimum absolute atomic E-state index is 0.0594. The van der Waals surface area contributed by atoms with Crippen LogP contribution in [0.4, 0.5) is 10.1 Å². The molecule has 1 heterocycles. The van der Waals surface area contributed by atoms with Crippen molar-refractivity contribution in [1.29, 1.82) is 0 Å². The molecule has 0 bridgehead atoms. The van der Waals surface area contributed by atoms with Crippen molar-refractivity contribution in [2.75, 3.05) is 5.32 Å². The molecular formula is C12H9BrFNO2S. The second-order valence-corrected chi connectivity index (χ2v) is 5.40. The fourth-order valence-electron chi connectivity index (χ4n) is 1.42. The fourth-order valence-corrected chi connectivity index (χ4v) is 2.85. The van der Waals surface area contributed by atoms with Crippen LogP contribution in [0, 0.1) is 5.82 Å². The molecule has 3 nitrogen and oxygen atoms in total. The molecule has 0 fully saturated rings. The topological polar surface area (TPSA) is 49.3 Å². The molecule has 0 spiro atoms. The van der Waals surface area contributed by atoms with Gasteiger partial charge in [0.2, 0.25) is 0 Å². The molecule has 0 aliphatic heterocycles. The van der Waals surface area contributed by atoms with Crippen LogP contribution in [-0.4, -0.2) is 11.1 Å². The first kappa shape index (κ1) is 13.0. The van der Waals surface area contributed by atoms with Crippen molar-refractivity contribution in [2.45, 2.75) is 6.54 Å². The Hall–Kier alpha value is -1.40. The van der Waals surface area contributed by atoms with Crippen LogP contribution in [0.2, 0.25) is 0 Å². The molecule has 0 radical (unpaired) electrons. The number of carbonyl (C=O) groups is 1. The van der Waals surface area contributed by atoms with Crippen LogP contribution < -0.4 is 5.32 Å². The maximum atomic E-state index is 13.5. The summed E-state index contributed by atoms with van der Waals surface area (Å²) in [7, 11) is 0. The van der Waals surface area contributed by atoms with E-state index in [-0.39, 0.29) is 11.3 Å². The SMILES string of the molecule is O=C(O)c1ccc(F)c(NCc2sccc2Br)c1. The molecule has 2 N–H and O–H groups in total. The van der Waals surface area contributed by atoms with Gasteiger partial charge in [-0.15, -0.1) is 11.3 Å². The van der Waals surface area contributed by atoms with Gasteiger partial charge in [-0.25, -0.2) is 9.18 Å². The van der Waals surface area contributed by atoms with Gasteiger partial charge in [-0.1, -0.05) is 0 Å². The molecule has 1 aromatic heterocycles. The summed E-state index contributed by atoms with van der Waals surface area (Å²) >= 11 is 4.92. The minimum atomic E-state index is -1.07. The summed E-state index contributed by atoms with van der Waals surface area (Å²) in [5.41, 5.74) is 0.249. The highest BCUT2D eigenvalue weighted by molar-refractivity contribution is 9.10. The average molecular weight is 330 g/mol. The van der Waals surface area contributed by atoms with Crippen molar-refractivity contribution in [1.82, 2.24) is 0 Å². The number of rotatable bonds is 4. The van der Waals surface area contributed by atoms with Gasteiger partial charge in [0.25, 0.3) is 0 Å². The average Bonchev–Trinajstić information content (AvgIpc) is 2.73. The molecule has 0 amide bonds. The molecule has 94 valence electrons. The van der Waals surface area contributed by atoms with Crippen molar-refractivity contribution in [2.24, 2.45) is 0 Å². The highest BCUT2D eigenvalue weighted by Crippen LogP contribution is 2.24. The molecular weight excluding hydrogens is 321 g/mol. The first-order valence-corrected chi connectivity index (χ1v) is 6.74. The van der Waals surface area contributed by atoms with Crippen molar-refractivity contribution in [3.05, 3.63) is 50.4 Å². The summed E-state index contributed by atoms with van der Waals surface area (Å²) in [5.74, 6) is -1.54. The Morgan fingerprint density at radius 2 is 2.22 bits per heavy atom. The Morgan fingerprint density at radius 3 is 2.83 bits per heavy atom. The van der Waals surface area contributed by atoms with Gasteiger partial charge in [0.1, 0.15) is 5.82 Å². The maximum absolute atomic E-state index is 13.5. The molecule has 2 aromatic rings. The number of carboxylic acid groups (broad SMARTS) is 1. The van der Waals surface area contributed by atoms with E-state index < -0.39 is 11.8 Å². The zero-order valence-corrected chi connectivity index (χ0v) is 11.5. The lowest BCUT2D eigenvalue weighted by Gasteiger charge is -2.07. The molecule has 2 rings (SSSR count). The molecule has 0 saturated heterocycles. The molecule has 0 atom stereocenters. The number of hydrogen-bond donors (Lipinski definition) is 2. The number of halogens is 2. The van der Waals surface area contributed by atoms with Gasteiger partial charge in [0, 0.05) is 9.35 Å². The highest BCUT2D eigenvalue weighted by Gasteiger charge is 2.09. The van der Waals surface area contributed by atoms with E-state index in [1.54, 1.807) is 0 Å². The lowest BCUT2D eigenvalue weighted by Crippen LogP contribution is -2.03. The van der Waals surface area contributed by atoms with Gasteiger partial charge in [-0.05, 0) is 45.6 Å². The smallest absolute Gasteiger partial charge is 0.335 e. The first-order chi connectivity index (χ1) is 8.58. The van der Waals surface area contributed by atoms with Gasteiger partial charge < -0.3 is 10.4 Å². The summed E-state index contributed by atoms with van der Waals surface area (Å²) in [5, 5.41) is 13.7. The van der Waals surface area contributed by atoms with Crippen LogP contribution in [0.3, 0.4) is 0 Å². The quantitative estimate of drug-likeness (QED) is 0.892. The largest absolute Gasteiger partial charge is 0.478 e. The van der Waals surface area contributed by atoms with Crippen LogP contribution in [0.25, 0.3) is 0 Å². The summed E-state index contributed by atoms with van der Waals surface area (Å²) in [6.07, 6.45) is 0. The Morgan fingerprint density at radius 1 is 1.44 bits per heavy atom. The standard InChI is InChI=1S/C12H9BrFNO2S/c13-8-3-4-18-11(8)6-15-10-5-7(12(16)17)1-2-9(10)14/h1-5,15H,6H2,(H,16,17). The molecule has 0 aliphatic carbocycles. The van der Waals surface area contributed by atoms with E-state index in [0.29, 0.717) is 6.54 Å². The summed E-state index contributed by atoms with van der Waals surface area (Å²) < 4.78 is 14.5. The third kappa shape index (κ3) is 2.88. The van der Waals surface area contributed by atoms with Gasteiger partial charge >= 0.3 is 5.97 Å². The number of carboxylic acids is 1. The van der Waals surface area contributed by atoms with Crippen LogP contribution in [0.1, 0.15) is 15.2 Å². The fraction of sp³-hybridized carbons (Fsp3) is 0.0833. The second kappa shape index (κ2) is 5.49. The molecule has 0 saturated carbocycles. The monoisotopic (exact) mass is 329 g/mol. The van der Waals surface area contributed by atoms with Crippen LogP contribution in [0.15, 0.2) is 34.1 Å². The third-order valence-electron chi connectivity index (χ3n) is 2.34. The third-order valence-corrected chi connectivity index (χ3v) is 4.27. The maximum Gasteiger partial charge on any atom is 0.335 e. The van der Waals surface area contributed by atoms with Crippen LogP contribution >= 0.6 is 27.3 Å². The second-order valence-electron chi connectivity index (χ2n) is 3.55. The van der Waals surface area contributed by atoms with Crippen molar-refractivity contribution in [3.63, 3.8) is 0 Å². The first-order valence-electron chi connectivity index (χ1n) is 5.06. The Kier molecular flexibility index (Phi) is 3.98. The Bertz CT molecular complexity index is 585. The zero-order valence-electron chi connectivity index (χ0n) is 9.11. The van der Waals surface area contributed by atoms with E-state index in [1.807, 2.05) is 11.4 Å². The van der Waals surface area contributed by atoms with Crippen LogP contribution in [0.5, 0.6) is 0 Å². The van der Waals surface area contributed by atoms with E-state index in [9.17, 15) is 9.18 Å². The van der Waals surface area contributed by atoms with Gasteiger partial charge in [0.15, 0.2) is 0 Å². The molecule has 6 heteroatoms. The van der Waals surface area contributed by atoms with Crippen molar-refractivity contribution < 1.29 is 14.3 Å². The normalized spacial score (nSPS) is 10.3. The number of hydrogen-bond acceptors (Lipinski definition) is 3. The van der Waals surface area contributed by atoms with E-state index in [4.69, 9.17) is 5.11 Å². The summed E-state index contributed by atoms with van der Waals surface area (Å²) in [6.45, 7) is 0.443. The van der Waals surface area contributed by atoms with Crippen LogP contribution in [-0.2, 0) is 6.54 Å². The number of aromatic carboxylic acids is 1. The Balaban J connectivity index is 2.16. The number of benzene rings is 1. The summed E-state index contributed by atoms with van der Waals surface area (Å²) in [4.78, 5) is 11.8. The predicted octanol–water partition coefficient (Wildman–Crippen LogP) is 3.96. The van der Waals surface area contributed by atoms with E-state index in [2.05, 4.69) is 21.2 Å². The number of nitrogens with one attached hydrogen (secondary N) is 1. The minimum Gasteiger partial charge on any atom is -0.478 e. The highest BCUT2D eigenvalue weighted by atomic mass is 79.9. The zero-order chi connectivity index (χ0) is 13.1.